The Morgan fingerprint density at radius 1 is 1.26 bits per heavy atom. The highest BCUT2D eigenvalue weighted by Gasteiger charge is 2.24. The van der Waals surface area contributed by atoms with Crippen LogP contribution in [-0.4, -0.2) is 23.0 Å². The van der Waals surface area contributed by atoms with Crippen LogP contribution >= 0.6 is 0 Å². The quantitative estimate of drug-likeness (QED) is 0.722. The number of hydrogen-bond acceptors (Lipinski definition) is 3. The predicted molar refractivity (Wildman–Crippen MR) is 72.4 cm³/mol. The minimum absolute atomic E-state index is 0.0700. The number of carbonyl (C=O) groups is 2. The van der Waals surface area contributed by atoms with E-state index in [-0.39, 0.29) is 18.2 Å². The van der Waals surface area contributed by atoms with Gasteiger partial charge in [0.05, 0.1) is 0 Å². The van der Waals surface area contributed by atoms with E-state index in [0.29, 0.717) is 0 Å². The predicted octanol–water partition coefficient (Wildman–Crippen LogP) is 1.30. The van der Waals surface area contributed by atoms with Crippen molar-refractivity contribution in [3.8, 4) is 0 Å². The Hall–Kier alpha value is -1.88. The molecule has 1 aromatic carbocycles. The maximum absolute atomic E-state index is 11.8. The summed E-state index contributed by atoms with van der Waals surface area (Å²) in [7, 11) is 0. The van der Waals surface area contributed by atoms with Gasteiger partial charge in [-0.25, -0.2) is 4.79 Å². The van der Waals surface area contributed by atoms with E-state index in [2.05, 4.69) is 5.32 Å². The van der Waals surface area contributed by atoms with Crippen LogP contribution in [-0.2, 0) is 9.59 Å². The van der Waals surface area contributed by atoms with Gasteiger partial charge in [-0.3, -0.25) is 4.79 Å². The van der Waals surface area contributed by atoms with Crippen LogP contribution in [0.2, 0.25) is 0 Å². The number of rotatable bonds is 6. The lowest BCUT2D eigenvalue weighted by molar-refractivity contribution is -0.143. The molecule has 2 atom stereocenters. The first-order valence-electron chi connectivity index (χ1n) is 6.24. The summed E-state index contributed by atoms with van der Waals surface area (Å²) >= 11 is 0. The Labute approximate surface area is 112 Å². The molecule has 0 aliphatic rings. The molecule has 0 saturated carbocycles. The Morgan fingerprint density at radius 3 is 2.32 bits per heavy atom. The zero-order valence-electron chi connectivity index (χ0n) is 11.2. The second-order valence-electron chi connectivity index (χ2n) is 4.85. The third-order valence-corrected chi connectivity index (χ3v) is 2.88. The first-order chi connectivity index (χ1) is 8.91. The fourth-order valence-electron chi connectivity index (χ4n) is 1.76. The summed E-state index contributed by atoms with van der Waals surface area (Å²) in [6.45, 7) is 3.49. The number of hydrogen-bond donors (Lipinski definition) is 3. The molecule has 0 heterocycles. The minimum atomic E-state index is -1.03. The lowest BCUT2D eigenvalue weighted by Crippen LogP contribution is -2.45. The number of aliphatic carboxylic acids is 1. The molecule has 1 amide bonds. The first-order valence-corrected chi connectivity index (χ1v) is 6.24. The van der Waals surface area contributed by atoms with Crippen molar-refractivity contribution in [1.82, 2.24) is 5.32 Å². The number of nitrogens with one attached hydrogen (secondary N) is 1. The van der Waals surface area contributed by atoms with Crippen LogP contribution in [0.25, 0.3) is 0 Å². The van der Waals surface area contributed by atoms with Crippen LogP contribution in [0.4, 0.5) is 0 Å². The third-order valence-electron chi connectivity index (χ3n) is 2.88. The maximum Gasteiger partial charge on any atom is 0.326 e. The maximum atomic E-state index is 11.8. The van der Waals surface area contributed by atoms with E-state index in [4.69, 9.17) is 10.8 Å². The SMILES string of the molecule is CC(C)C(NC(=O)CC(N)c1ccccc1)C(=O)O. The van der Waals surface area contributed by atoms with E-state index in [0.717, 1.165) is 5.56 Å². The molecule has 0 radical (unpaired) electrons. The summed E-state index contributed by atoms with van der Waals surface area (Å²) < 4.78 is 0. The normalized spacial score (nSPS) is 13.9. The fraction of sp³-hybridized carbons (Fsp3) is 0.429. The van der Waals surface area contributed by atoms with Crippen molar-refractivity contribution < 1.29 is 14.7 Å². The number of carbonyl (C=O) groups excluding carboxylic acids is 1. The van der Waals surface area contributed by atoms with Gasteiger partial charge in [-0.15, -0.1) is 0 Å². The van der Waals surface area contributed by atoms with Gasteiger partial charge in [0.25, 0.3) is 0 Å². The second-order valence-corrected chi connectivity index (χ2v) is 4.85. The summed E-state index contributed by atoms with van der Waals surface area (Å²) in [6.07, 6.45) is 0.0700. The van der Waals surface area contributed by atoms with E-state index >= 15 is 0 Å². The van der Waals surface area contributed by atoms with E-state index < -0.39 is 18.1 Å². The van der Waals surface area contributed by atoms with Gasteiger partial charge in [0.15, 0.2) is 0 Å². The second kappa shape index (κ2) is 6.89. The summed E-state index contributed by atoms with van der Waals surface area (Å²) in [5, 5.41) is 11.5. The molecule has 0 aliphatic carbocycles. The van der Waals surface area contributed by atoms with E-state index in [1.165, 1.54) is 0 Å². The Balaban J connectivity index is 2.58. The molecule has 0 saturated heterocycles. The standard InChI is InChI=1S/C14H20N2O3/c1-9(2)13(14(18)19)16-12(17)8-11(15)10-6-4-3-5-7-10/h3-7,9,11,13H,8,15H2,1-2H3,(H,16,17)(H,18,19). The van der Waals surface area contributed by atoms with Gasteiger partial charge in [0.1, 0.15) is 6.04 Å². The number of nitrogens with two attached hydrogens (primary N) is 1. The number of carboxylic acids is 1. The van der Waals surface area contributed by atoms with Crippen molar-refractivity contribution >= 4 is 11.9 Å². The molecular weight excluding hydrogens is 244 g/mol. The number of carboxylic acid groups (broad SMARTS) is 1. The van der Waals surface area contributed by atoms with Crippen LogP contribution in [0.5, 0.6) is 0 Å². The first kappa shape index (κ1) is 15.2. The lowest BCUT2D eigenvalue weighted by atomic mass is 10.0. The van der Waals surface area contributed by atoms with E-state index in [9.17, 15) is 9.59 Å². The highest BCUT2D eigenvalue weighted by atomic mass is 16.4. The van der Waals surface area contributed by atoms with E-state index in [1.54, 1.807) is 13.8 Å². The molecular formula is C14H20N2O3. The van der Waals surface area contributed by atoms with Crippen LogP contribution in [0.15, 0.2) is 30.3 Å². The van der Waals surface area contributed by atoms with Gasteiger partial charge in [-0.1, -0.05) is 44.2 Å². The van der Waals surface area contributed by atoms with Gasteiger partial charge in [0, 0.05) is 12.5 Å². The smallest absolute Gasteiger partial charge is 0.326 e. The molecule has 1 rings (SSSR count). The Bertz CT molecular complexity index is 432. The summed E-state index contributed by atoms with van der Waals surface area (Å²) in [4.78, 5) is 22.8. The van der Waals surface area contributed by atoms with Gasteiger partial charge >= 0.3 is 5.97 Å². The highest BCUT2D eigenvalue weighted by Crippen LogP contribution is 2.13. The third kappa shape index (κ3) is 4.71. The summed E-state index contributed by atoms with van der Waals surface area (Å²) in [6, 6.07) is 7.95. The molecule has 1 aromatic rings. The van der Waals surface area contributed by atoms with Crippen LogP contribution in [0, 0.1) is 5.92 Å². The van der Waals surface area contributed by atoms with Gasteiger partial charge in [-0.2, -0.15) is 0 Å². The highest BCUT2D eigenvalue weighted by molar-refractivity contribution is 5.84. The molecule has 104 valence electrons. The molecule has 5 heteroatoms. The lowest BCUT2D eigenvalue weighted by Gasteiger charge is -2.19. The monoisotopic (exact) mass is 264 g/mol. The molecule has 19 heavy (non-hydrogen) atoms. The van der Waals surface area contributed by atoms with Crippen molar-refractivity contribution in [3.63, 3.8) is 0 Å². The average Bonchev–Trinajstić information content (AvgIpc) is 2.36. The van der Waals surface area contributed by atoms with Gasteiger partial charge in [0.2, 0.25) is 5.91 Å². The van der Waals surface area contributed by atoms with Gasteiger partial charge in [-0.05, 0) is 11.5 Å². The van der Waals surface area contributed by atoms with Crippen molar-refractivity contribution in [1.29, 1.82) is 0 Å². The largest absolute Gasteiger partial charge is 0.480 e. The zero-order chi connectivity index (χ0) is 14.4. The van der Waals surface area contributed by atoms with Crippen LogP contribution < -0.4 is 11.1 Å². The average molecular weight is 264 g/mol. The number of amides is 1. The van der Waals surface area contributed by atoms with Crippen molar-refractivity contribution in [2.75, 3.05) is 0 Å². The zero-order valence-corrected chi connectivity index (χ0v) is 11.2. The summed E-state index contributed by atoms with van der Waals surface area (Å²) in [5.41, 5.74) is 6.77. The summed E-state index contributed by atoms with van der Waals surface area (Å²) in [5.74, 6) is -1.55. The van der Waals surface area contributed by atoms with Crippen molar-refractivity contribution in [2.45, 2.75) is 32.4 Å². The fourth-order valence-corrected chi connectivity index (χ4v) is 1.76. The number of benzene rings is 1. The van der Waals surface area contributed by atoms with Crippen molar-refractivity contribution in [2.24, 2.45) is 11.7 Å². The van der Waals surface area contributed by atoms with Crippen molar-refractivity contribution in [3.05, 3.63) is 35.9 Å². The van der Waals surface area contributed by atoms with Crippen LogP contribution in [0.1, 0.15) is 31.9 Å². The molecule has 0 bridgehead atoms. The Kier molecular flexibility index (Phi) is 5.51. The minimum Gasteiger partial charge on any atom is -0.480 e. The molecule has 2 unspecified atom stereocenters. The topological polar surface area (TPSA) is 92.4 Å². The molecule has 4 N–H and O–H groups in total. The Morgan fingerprint density at radius 2 is 1.84 bits per heavy atom. The molecule has 0 spiro atoms. The molecule has 0 aromatic heterocycles. The molecule has 0 aliphatic heterocycles. The molecule has 0 fully saturated rings. The molecule has 5 nitrogen and oxygen atoms in total. The van der Waals surface area contributed by atoms with Crippen LogP contribution in [0.3, 0.4) is 0 Å². The van der Waals surface area contributed by atoms with Gasteiger partial charge < -0.3 is 16.2 Å². The van der Waals surface area contributed by atoms with E-state index in [1.807, 2.05) is 30.3 Å².